The van der Waals surface area contributed by atoms with E-state index in [-0.39, 0.29) is 18.0 Å². The third-order valence-electron chi connectivity index (χ3n) is 4.03. The number of benzene rings is 2. The Morgan fingerprint density at radius 2 is 1.90 bits per heavy atom. The third-order valence-corrected chi connectivity index (χ3v) is 6.06. The lowest BCUT2D eigenvalue weighted by Gasteiger charge is -2.10. The number of aromatic nitrogens is 2. The maximum Gasteiger partial charge on any atom is 0.237 e. The van der Waals surface area contributed by atoms with Gasteiger partial charge in [-0.05, 0) is 43.3 Å². The SMILES string of the molecule is COc1ccc(Nc2nnc(S[C@H](C)C(=O)Nc3ccc4c(c3)OCO4)s2)cc1. The molecule has 0 fully saturated rings. The molecule has 0 bridgehead atoms. The summed E-state index contributed by atoms with van der Waals surface area (Å²) >= 11 is 2.74. The molecule has 1 amide bonds. The highest BCUT2D eigenvalue weighted by Gasteiger charge is 2.19. The number of ether oxygens (including phenoxy) is 3. The molecule has 3 aromatic rings. The summed E-state index contributed by atoms with van der Waals surface area (Å²) in [7, 11) is 1.63. The first kappa shape index (κ1) is 19.3. The van der Waals surface area contributed by atoms with Crippen LogP contribution in [0.2, 0.25) is 0 Å². The largest absolute Gasteiger partial charge is 0.497 e. The number of hydrogen-bond acceptors (Lipinski definition) is 9. The zero-order valence-corrected chi connectivity index (χ0v) is 17.3. The second-order valence-electron chi connectivity index (χ2n) is 6.04. The summed E-state index contributed by atoms with van der Waals surface area (Å²) in [6, 6.07) is 12.8. The van der Waals surface area contributed by atoms with Crippen LogP contribution in [0, 0.1) is 0 Å². The van der Waals surface area contributed by atoms with Gasteiger partial charge in [-0.15, -0.1) is 10.2 Å². The van der Waals surface area contributed by atoms with Gasteiger partial charge in [-0.25, -0.2) is 0 Å². The van der Waals surface area contributed by atoms with Gasteiger partial charge < -0.3 is 24.8 Å². The van der Waals surface area contributed by atoms with Crippen molar-refractivity contribution in [2.45, 2.75) is 16.5 Å². The molecule has 0 spiro atoms. The number of carbonyl (C=O) groups excluding carboxylic acids is 1. The molecule has 1 aliphatic heterocycles. The molecule has 29 heavy (non-hydrogen) atoms. The molecule has 0 radical (unpaired) electrons. The highest BCUT2D eigenvalue weighted by atomic mass is 32.2. The zero-order chi connectivity index (χ0) is 20.2. The molecule has 8 nitrogen and oxygen atoms in total. The monoisotopic (exact) mass is 430 g/mol. The third kappa shape index (κ3) is 4.72. The maximum absolute atomic E-state index is 12.5. The molecular formula is C19H18N4O4S2. The molecule has 0 aliphatic carbocycles. The lowest BCUT2D eigenvalue weighted by Crippen LogP contribution is -2.22. The van der Waals surface area contributed by atoms with Crippen molar-refractivity contribution < 1.29 is 19.0 Å². The minimum Gasteiger partial charge on any atom is -0.497 e. The van der Waals surface area contributed by atoms with E-state index in [0.717, 1.165) is 11.4 Å². The summed E-state index contributed by atoms with van der Waals surface area (Å²) in [5.74, 6) is 1.96. The Morgan fingerprint density at radius 3 is 2.69 bits per heavy atom. The second kappa shape index (κ2) is 8.58. The van der Waals surface area contributed by atoms with E-state index >= 15 is 0 Å². The predicted molar refractivity (Wildman–Crippen MR) is 113 cm³/mol. The normalized spacial score (nSPS) is 13.0. The predicted octanol–water partition coefficient (Wildman–Crippen LogP) is 4.14. The molecule has 0 unspecified atom stereocenters. The average Bonchev–Trinajstić information content (AvgIpc) is 3.37. The minimum absolute atomic E-state index is 0.131. The fourth-order valence-electron chi connectivity index (χ4n) is 2.53. The van der Waals surface area contributed by atoms with Crippen LogP contribution in [0.4, 0.5) is 16.5 Å². The Labute approximate surface area is 175 Å². The van der Waals surface area contributed by atoms with E-state index in [4.69, 9.17) is 14.2 Å². The Balaban J connectivity index is 1.33. The van der Waals surface area contributed by atoms with Crippen LogP contribution in [0.15, 0.2) is 46.8 Å². The van der Waals surface area contributed by atoms with E-state index in [2.05, 4.69) is 20.8 Å². The molecule has 150 valence electrons. The van der Waals surface area contributed by atoms with Crippen molar-refractivity contribution in [3.05, 3.63) is 42.5 Å². The number of methoxy groups -OCH3 is 1. The van der Waals surface area contributed by atoms with Crippen molar-refractivity contribution in [2.24, 2.45) is 0 Å². The molecule has 2 heterocycles. The molecule has 1 aromatic heterocycles. The van der Waals surface area contributed by atoms with Crippen molar-refractivity contribution in [1.29, 1.82) is 0 Å². The van der Waals surface area contributed by atoms with Gasteiger partial charge in [0.05, 0.1) is 12.4 Å². The Kier molecular flexibility index (Phi) is 5.72. The van der Waals surface area contributed by atoms with Gasteiger partial charge in [0.2, 0.25) is 17.8 Å². The summed E-state index contributed by atoms with van der Waals surface area (Å²) in [6.45, 7) is 2.02. The second-order valence-corrected chi connectivity index (χ2v) is 8.61. The fourth-order valence-corrected chi connectivity index (χ4v) is 4.44. The maximum atomic E-state index is 12.5. The van der Waals surface area contributed by atoms with E-state index in [0.29, 0.717) is 26.7 Å². The lowest BCUT2D eigenvalue weighted by atomic mass is 10.2. The zero-order valence-electron chi connectivity index (χ0n) is 15.7. The van der Waals surface area contributed by atoms with Gasteiger partial charge in [-0.2, -0.15) is 0 Å². The van der Waals surface area contributed by atoms with Crippen molar-refractivity contribution in [3.63, 3.8) is 0 Å². The van der Waals surface area contributed by atoms with Gasteiger partial charge >= 0.3 is 0 Å². The van der Waals surface area contributed by atoms with Crippen LogP contribution < -0.4 is 24.8 Å². The average molecular weight is 431 g/mol. The molecule has 1 aliphatic rings. The summed E-state index contributed by atoms with van der Waals surface area (Å²) in [4.78, 5) is 12.5. The van der Waals surface area contributed by atoms with E-state index in [9.17, 15) is 4.79 Å². The molecular weight excluding hydrogens is 412 g/mol. The first-order valence-electron chi connectivity index (χ1n) is 8.72. The Bertz CT molecular complexity index is 1010. The first-order chi connectivity index (χ1) is 14.1. The van der Waals surface area contributed by atoms with Gasteiger partial charge in [-0.1, -0.05) is 23.1 Å². The summed E-state index contributed by atoms with van der Waals surface area (Å²) in [6.07, 6.45) is 0. The van der Waals surface area contributed by atoms with Gasteiger partial charge in [0.15, 0.2) is 15.8 Å². The van der Waals surface area contributed by atoms with Crippen LogP contribution in [0.5, 0.6) is 17.2 Å². The standard InChI is InChI=1S/C19H18N4O4S2/c1-11(17(24)20-13-5-8-15-16(9-13)27-10-26-15)28-19-23-22-18(29-19)21-12-3-6-14(25-2)7-4-12/h3-9,11H,10H2,1-2H3,(H,20,24)(H,21,22)/t11-/m1/s1. The van der Waals surface area contributed by atoms with Crippen LogP contribution in [-0.2, 0) is 4.79 Å². The van der Waals surface area contributed by atoms with Crippen molar-refractivity contribution in [3.8, 4) is 17.2 Å². The van der Waals surface area contributed by atoms with Crippen LogP contribution in [0.25, 0.3) is 0 Å². The quantitative estimate of drug-likeness (QED) is 0.540. The van der Waals surface area contributed by atoms with E-state index in [1.54, 1.807) is 25.3 Å². The molecule has 2 aromatic carbocycles. The fraction of sp³-hybridized carbons (Fsp3) is 0.211. The number of rotatable bonds is 7. The summed E-state index contributed by atoms with van der Waals surface area (Å²) in [5.41, 5.74) is 1.54. The van der Waals surface area contributed by atoms with Crippen molar-refractivity contribution in [2.75, 3.05) is 24.5 Å². The van der Waals surface area contributed by atoms with Gasteiger partial charge in [-0.3, -0.25) is 4.79 Å². The number of thioether (sulfide) groups is 1. The number of carbonyl (C=O) groups is 1. The molecule has 0 saturated heterocycles. The molecule has 0 saturated carbocycles. The van der Waals surface area contributed by atoms with Gasteiger partial charge in [0.1, 0.15) is 5.75 Å². The molecule has 4 rings (SSSR count). The van der Waals surface area contributed by atoms with Crippen molar-refractivity contribution >= 4 is 45.5 Å². The molecule has 10 heteroatoms. The number of nitrogens with zero attached hydrogens (tertiary/aromatic N) is 2. The lowest BCUT2D eigenvalue weighted by molar-refractivity contribution is -0.115. The van der Waals surface area contributed by atoms with Gasteiger partial charge in [0.25, 0.3) is 0 Å². The highest BCUT2D eigenvalue weighted by molar-refractivity contribution is 8.02. The van der Waals surface area contributed by atoms with Crippen LogP contribution >= 0.6 is 23.1 Å². The van der Waals surface area contributed by atoms with E-state index in [1.165, 1.54) is 23.1 Å². The van der Waals surface area contributed by atoms with Crippen LogP contribution in [-0.4, -0.2) is 35.3 Å². The first-order valence-corrected chi connectivity index (χ1v) is 10.4. The summed E-state index contributed by atoms with van der Waals surface area (Å²) < 4.78 is 16.5. The number of amides is 1. The molecule has 2 N–H and O–H groups in total. The van der Waals surface area contributed by atoms with Crippen LogP contribution in [0.1, 0.15) is 6.92 Å². The topological polar surface area (TPSA) is 94.6 Å². The van der Waals surface area contributed by atoms with E-state index in [1.807, 2.05) is 31.2 Å². The Hall–Kier alpha value is -2.98. The Morgan fingerprint density at radius 1 is 1.14 bits per heavy atom. The smallest absolute Gasteiger partial charge is 0.237 e. The molecule has 1 atom stereocenters. The van der Waals surface area contributed by atoms with E-state index < -0.39 is 0 Å². The minimum atomic E-state index is -0.345. The number of nitrogens with one attached hydrogen (secondary N) is 2. The van der Waals surface area contributed by atoms with Crippen LogP contribution in [0.3, 0.4) is 0 Å². The van der Waals surface area contributed by atoms with Crippen molar-refractivity contribution in [1.82, 2.24) is 10.2 Å². The number of fused-ring (bicyclic) bond motifs is 1. The summed E-state index contributed by atoms with van der Waals surface area (Å²) in [5, 5.41) is 14.7. The number of hydrogen-bond donors (Lipinski definition) is 2. The highest BCUT2D eigenvalue weighted by Crippen LogP contribution is 2.35. The number of anilines is 3. The van der Waals surface area contributed by atoms with Gasteiger partial charge in [0, 0.05) is 17.4 Å².